The Labute approximate surface area is 113 Å². The van der Waals surface area contributed by atoms with Crippen molar-refractivity contribution in [2.75, 3.05) is 13.1 Å². The van der Waals surface area contributed by atoms with E-state index in [-0.39, 0.29) is 0 Å². The Morgan fingerprint density at radius 3 is 3.00 bits per heavy atom. The van der Waals surface area contributed by atoms with Gasteiger partial charge in [-0.3, -0.25) is 0 Å². The molecule has 2 heterocycles. The highest BCUT2D eigenvalue weighted by atomic mass is 79.9. The third-order valence-corrected chi connectivity index (χ3v) is 3.99. The van der Waals surface area contributed by atoms with Crippen molar-refractivity contribution in [2.45, 2.75) is 39.2 Å². The minimum absolute atomic E-state index is 0.674. The predicted molar refractivity (Wildman–Crippen MR) is 75.1 cm³/mol. The predicted octanol–water partition coefficient (Wildman–Crippen LogP) is 3.51. The molecule has 1 aliphatic heterocycles. The third kappa shape index (κ3) is 3.78. The van der Waals surface area contributed by atoms with E-state index < -0.39 is 0 Å². The third-order valence-electron chi connectivity index (χ3n) is 3.55. The van der Waals surface area contributed by atoms with E-state index in [0.29, 0.717) is 6.04 Å². The van der Waals surface area contributed by atoms with E-state index in [1.54, 1.807) is 0 Å². The van der Waals surface area contributed by atoms with E-state index in [1.165, 1.54) is 31.6 Å². The molecule has 0 N–H and O–H groups in total. The van der Waals surface area contributed by atoms with Crippen molar-refractivity contribution in [1.29, 1.82) is 0 Å². The lowest BCUT2D eigenvalue weighted by atomic mass is 9.92. The van der Waals surface area contributed by atoms with Crippen LogP contribution in [0.15, 0.2) is 22.8 Å². The smallest absolute Gasteiger partial charge is 0.106 e. The average Bonchev–Trinajstić information content (AvgIpc) is 2.29. The maximum absolute atomic E-state index is 4.54. The highest BCUT2D eigenvalue weighted by molar-refractivity contribution is 9.10. The molecule has 0 spiro atoms. The second-order valence-corrected chi connectivity index (χ2v) is 6.07. The molecule has 1 aliphatic rings. The van der Waals surface area contributed by atoms with Crippen LogP contribution in [0.5, 0.6) is 0 Å². The van der Waals surface area contributed by atoms with E-state index in [4.69, 9.17) is 0 Å². The molecule has 1 aromatic heterocycles. The SMILES string of the molecule is CC(C)N1CCCC(Cc2cccc(Br)n2)C1. The summed E-state index contributed by atoms with van der Waals surface area (Å²) in [7, 11) is 0. The van der Waals surface area contributed by atoms with Gasteiger partial charge in [0.05, 0.1) is 0 Å². The van der Waals surface area contributed by atoms with Gasteiger partial charge in [-0.05, 0) is 73.6 Å². The van der Waals surface area contributed by atoms with Crippen LogP contribution in [0.4, 0.5) is 0 Å². The number of aromatic nitrogens is 1. The molecular formula is C14H21BrN2. The fourth-order valence-electron chi connectivity index (χ4n) is 2.59. The van der Waals surface area contributed by atoms with Gasteiger partial charge in [-0.15, -0.1) is 0 Å². The molecular weight excluding hydrogens is 276 g/mol. The Morgan fingerprint density at radius 1 is 1.47 bits per heavy atom. The zero-order chi connectivity index (χ0) is 12.3. The van der Waals surface area contributed by atoms with Gasteiger partial charge in [0.1, 0.15) is 4.60 Å². The van der Waals surface area contributed by atoms with E-state index in [0.717, 1.165) is 16.9 Å². The fraction of sp³-hybridized carbons (Fsp3) is 0.643. The number of halogens is 1. The first-order chi connectivity index (χ1) is 8.15. The van der Waals surface area contributed by atoms with Gasteiger partial charge in [0.15, 0.2) is 0 Å². The van der Waals surface area contributed by atoms with E-state index in [1.807, 2.05) is 6.07 Å². The Balaban J connectivity index is 1.94. The average molecular weight is 297 g/mol. The molecule has 0 radical (unpaired) electrons. The summed E-state index contributed by atoms with van der Waals surface area (Å²) in [5.74, 6) is 0.771. The Morgan fingerprint density at radius 2 is 2.29 bits per heavy atom. The number of hydrogen-bond acceptors (Lipinski definition) is 2. The molecule has 2 rings (SSSR count). The number of rotatable bonds is 3. The lowest BCUT2D eigenvalue weighted by Crippen LogP contribution is -2.40. The number of piperidine rings is 1. The Bertz CT molecular complexity index is 365. The summed E-state index contributed by atoms with van der Waals surface area (Å²) < 4.78 is 0.950. The van der Waals surface area contributed by atoms with Gasteiger partial charge in [0.2, 0.25) is 0 Å². The maximum Gasteiger partial charge on any atom is 0.106 e. The van der Waals surface area contributed by atoms with E-state index in [9.17, 15) is 0 Å². The molecule has 1 saturated heterocycles. The largest absolute Gasteiger partial charge is 0.301 e. The summed E-state index contributed by atoms with van der Waals surface area (Å²) >= 11 is 3.44. The minimum Gasteiger partial charge on any atom is -0.301 e. The summed E-state index contributed by atoms with van der Waals surface area (Å²) in [5.41, 5.74) is 1.22. The molecule has 1 fully saturated rings. The van der Waals surface area contributed by atoms with Crippen molar-refractivity contribution in [2.24, 2.45) is 5.92 Å². The molecule has 1 aromatic rings. The highest BCUT2D eigenvalue weighted by Crippen LogP contribution is 2.22. The molecule has 17 heavy (non-hydrogen) atoms. The molecule has 1 unspecified atom stereocenters. The number of hydrogen-bond donors (Lipinski definition) is 0. The first-order valence-electron chi connectivity index (χ1n) is 6.50. The van der Waals surface area contributed by atoms with Gasteiger partial charge in [-0.2, -0.15) is 0 Å². The first kappa shape index (κ1) is 13.0. The molecule has 0 aromatic carbocycles. The van der Waals surface area contributed by atoms with Crippen LogP contribution in [-0.4, -0.2) is 29.0 Å². The molecule has 0 amide bonds. The second kappa shape index (κ2) is 5.96. The summed E-state index contributed by atoms with van der Waals surface area (Å²) in [6.07, 6.45) is 3.79. The van der Waals surface area contributed by atoms with Gasteiger partial charge in [0.25, 0.3) is 0 Å². The van der Waals surface area contributed by atoms with Gasteiger partial charge < -0.3 is 4.90 Å². The zero-order valence-corrected chi connectivity index (χ0v) is 12.3. The lowest BCUT2D eigenvalue weighted by molar-refractivity contribution is 0.139. The van der Waals surface area contributed by atoms with Crippen molar-refractivity contribution in [3.63, 3.8) is 0 Å². The normalized spacial score (nSPS) is 22.0. The summed E-state index contributed by atoms with van der Waals surface area (Å²) in [5, 5.41) is 0. The monoisotopic (exact) mass is 296 g/mol. The second-order valence-electron chi connectivity index (χ2n) is 5.25. The number of nitrogens with zero attached hydrogens (tertiary/aromatic N) is 2. The van der Waals surface area contributed by atoms with Crippen LogP contribution in [-0.2, 0) is 6.42 Å². The van der Waals surface area contributed by atoms with Crippen molar-refractivity contribution in [3.05, 3.63) is 28.5 Å². The standard InChI is InChI=1S/C14H21BrN2/c1-11(2)17-8-4-5-12(10-17)9-13-6-3-7-14(15)16-13/h3,6-7,11-12H,4-5,8-10H2,1-2H3. The lowest BCUT2D eigenvalue weighted by Gasteiger charge is -2.35. The molecule has 2 nitrogen and oxygen atoms in total. The molecule has 0 bridgehead atoms. The van der Waals surface area contributed by atoms with Gasteiger partial charge in [-0.1, -0.05) is 6.07 Å². The summed E-state index contributed by atoms with van der Waals surface area (Å²) in [6.45, 7) is 7.07. The van der Waals surface area contributed by atoms with E-state index >= 15 is 0 Å². The van der Waals surface area contributed by atoms with Crippen molar-refractivity contribution in [3.8, 4) is 0 Å². The van der Waals surface area contributed by atoms with Crippen LogP contribution in [0.2, 0.25) is 0 Å². The van der Waals surface area contributed by atoms with Crippen molar-refractivity contribution < 1.29 is 0 Å². The quantitative estimate of drug-likeness (QED) is 0.794. The minimum atomic E-state index is 0.674. The van der Waals surface area contributed by atoms with Crippen LogP contribution >= 0.6 is 15.9 Å². The fourth-order valence-corrected chi connectivity index (χ4v) is 2.97. The number of likely N-dealkylation sites (tertiary alicyclic amines) is 1. The van der Waals surface area contributed by atoms with Crippen LogP contribution in [0.25, 0.3) is 0 Å². The molecule has 1 atom stereocenters. The molecule has 3 heteroatoms. The first-order valence-corrected chi connectivity index (χ1v) is 7.30. The van der Waals surface area contributed by atoms with Crippen molar-refractivity contribution >= 4 is 15.9 Å². The molecule has 0 saturated carbocycles. The Kier molecular flexibility index (Phi) is 4.57. The van der Waals surface area contributed by atoms with Crippen LogP contribution in [0, 0.1) is 5.92 Å². The van der Waals surface area contributed by atoms with Crippen LogP contribution < -0.4 is 0 Å². The highest BCUT2D eigenvalue weighted by Gasteiger charge is 2.22. The zero-order valence-electron chi connectivity index (χ0n) is 10.7. The van der Waals surface area contributed by atoms with Crippen LogP contribution in [0.1, 0.15) is 32.4 Å². The Hall–Kier alpha value is -0.410. The molecule has 94 valence electrons. The van der Waals surface area contributed by atoms with Gasteiger partial charge in [-0.25, -0.2) is 4.98 Å². The van der Waals surface area contributed by atoms with Crippen LogP contribution in [0.3, 0.4) is 0 Å². The summed E-state index contributed by atoms with van der Waals surface area (Å²) in [4.78, 5) is 7.12. The maximum atomic E-state index is 4.54. The summed E-state index contributed by atoms with van der Waals surface area (Å²) in [6, 6.07) is 6.88. The number of pyridine rings is 1. The van der Waals surface area contributed by atoms with Gasteiger partial charge >= 0.3 is 0 Å². The van der Waals surface area contributed by atoms with Gasteiger partial charge in [0, 0.05) is 18.3 Å². The topological polar surface area (TPSA) is 16.1 Å². The molecule has 0 aliphatic carbocycles. The van der Waals surface area contributed by atoms with Crippen molar-refractivity contribution in [1.82, 2.24) is 9.88 Å². The van der Waals surface area contributed by atoms with E-state index in [2.05, 4.69) is 51.8 Å².